The zero-order chi connectivity index (χ0) is 14.7. The van der Waals surface area contributed by atoms with Crippen molar-refractivity contribution in [3.05, 3.63) is 23.9 Å². The van der Waals surface area contributed by atoms with E-state index < -0.39 is 0 Å². The van der Waals surface area contributed by atoms with Crippen LogP contribution in [0.5, 0.6) is 5.88 Å². The Morgan fingerprint density at radius 2 is 2.05 bits per heavy atom. The number of carbonyl (C=O) groups is 1. The smallest absolute Gasteiger partial charge is 0.225 e. The Labute approximate surface area is 125 Å². The summed E-state index contributed by atoms with van der Waals surface area (Å²) in [5.74, 6) is 1.39. The van der Waals surface area contributed by atoms with E-state index in [0.717, 1.165) is 51.3 Å². The van der Waals surface area contributed by atoms with Crippen molar-refractivity contribution in [1.29, 1.82) is 0 Å². The maximum Gasteiger partial charge on any atom is 0.225 e. The van der Waals surface area contributed by atoms with Crippen LogP contribution in [0.1, 0.15) is 25.5 Å². The quantitative estimate of drug-likeness (QED) is 0.825. The lowest BCUT2D eigenvalue weighted by Gasteiger charge is -2.34. The lowest BCUT2D eigenvalue weighted by atomic mass is 10.2. The molecule has 1 saturated carbocycles. The van der Waals surface area contributed by atoms with Gasteiger partial charge in [-0.05, 0) is 25.8 Å². The van der Waals surface area contributed by atoms with Crippen LogP contribution in [0.4, 0.5) is 0 Å². The summed E-state index contributed by atoms with van der Waals surface area (Å²) in [5.41, 5.74) is 1.03. The van der Waals surface area contributed by atoms with Crippen LogP contribution < -0.4 is 4.74 Å². The highest BCUT2D eigenvalue weighted by atomic mass is 16.5. The van der Waals surface area contributed by atoms with Crippen molar-refractivity contribution in [1.82, 2.24) is 14.8 Å². The fourth-order valence-corrected chi connectivity index (χ4v) is 2.72. The molecule has 1 aliphatic heterocycles. The molecule has 0 radical (unpaired) electrons. The average molecular weight is 289 g/mol. The molecule has 1 aromatic heterocycles. The molecule has 0 N–H and O–H groups in total. The van der Waals surface area contributed by atoms with Gasteiger partial charge in [0.1, 0.15) is 0 Å². The van der Waals surface area contributed by atoms with Crippen LogP contribution in [0.2, 0.25) is 0 Å². The van der Waals surface area contributed by atoms with Gasteiger partial charge in [-0.3, -0.25) is 9.69 Å². The zero-order valence-corrected chi connectivity index (χ0v) is 12.6. The van der Waals surface area contributed by atoms with Crippen LogP contribution in [0.3, 0.4) is 0 Å². The minimum Gasteiger partial charge on any atom is -0.478 e. The van der Waals surface area contributed by atoms with Crippen molar-refractivity contribution >= 4 is 5.91 Å². The van der Waals surface area contributed by atoms with E-state index >= 15 is 0 Å². The standard InChI is InChI=1S/C16H23N3O2/c1-2-21-15-5-3-4-14(17-15)12-18-8-10-19(11-9-18)16(20)13-6-7-13/h3-5,13H,2,6-12H2,1H3. The van der Waals surface area contributed by atoms with Crippen LogP contribution in [0, 0.1) is 5.92 Å². The van der Waals surface area contributed by atoms with Crippen LogP contribution in [-0.2, 0) is 11.3 Å². The highest BCUT2D eigenvalue weighted by Crippen LogP contribution is 2.31. The summed E-state index contributed by atoms with van der Waals surface area (Å²) in [6, 6.07) is 5.91. The van der Waals surface area contributed by atoms with E-state index in [0.29, 0.717) is 24.3 Å². The highest BCUT2D eigenvalue weighted by molar-refractivity contribution is 5.81. The Bertz CT molecular complexity index is 494. The normalized spacial score (nSPS) is 19.6. The van der Waals surface area contributed by atoms with Crippen molar-refractivity contribution in [2.24, 2.45) is 5.92 Å². The molecular weight excluding hydrogens is 266 g/mol. The molecule has 2 heterocycles. The van der Waals surface area contributed by atoms with Crippen LogP contribution in [0.25, 0.3) is 0 Å². The van der Waals surface area contributed by atoms with Gasteiger partial charge in [0.05, 0.1) is 12.3 Å². The van der Waals surface area contributed by atoms with Crippen molar-refractivity contribution < 1.29 is 9.53 Å². The number of amides is 1. The van der Waals surface area contributed by atoms with Gasteiger partial charge in [-0.2, -0.15) is 0 Å². The first-order valence-corrected chi connectivity index (χ1v) is 7.86. The number of pyridine rings is 1. The third-order valence-corrected chi connectivity index (χ3v) is 4.07. The number of nitrogens with zero attached hydrogens (tertiary/aromatic N) is 3. The average Bonchev–Trinajstić information content (AvgIpc) is 3.33. The molecule has 0 atom stereocenters. The summed E-state index contributed by atoms with van der Waals surface area (Å²) in [7, 11) is 0. The van der Waals surface area contributed by atoms with E-state index in [1.807, 2.05) is 30.0 Å². The van der Waals surface area contributed by atoms with E-state index in [-0.39, 0.29) is 0 Å². The van der Waals surface area contributed by atoms with Gasteiger partial charge in [-0.15, -0.1) is 0 Å². The molecule has 114 valence electrons. The monoisotopic (exact) mass is 289 g/mol. The molecule has 1 aromatic rings. The number of ether oxygens (including phenoxy) is 1. The molecule has 0 aromatic carbocycles. The summed E-state index contributed by atoms with van der Waals surface area (Å²) >= 11 is 0. The Morgan fingerprint density at radius 1 is 1.29 bits per heavy atom. The maximum absolute atomic E-state index is 12.0. The first-order chi connectivity index (χ1) is 10.3. The summed E-state index contributed by atoms with van der Waals surface area (Å²) < 4.78 is 5.43. The molecule has 0 unspecified atom stereocenters. The van der Waals surface area contributed by atoms with E-state index in [1.165, 1.54) is 0 Å². The minimum atomic E-state index is 0.334. The highest BCUT2D eigenvalue weighted by Gasteiger charge is 2.34. The lowest BCUT2D eigenvalue weighted by Crippen LogP contribution is -2.48. The largest absolute Gasteiger partial charge is 0.478 e. The third-order valence-electron chi connectivity index (χ3n) is 4.07. The number of carbonyl (C=O) groups excluding carboxylic acids is 1. The zero-order valence-electron chi connectivity index (χ0n) is 12.6. The van der Waals surface area contributed by atoms with Gasteiger partial charge in [-0.25, -0.2) is 4.98 Å². The topological polar surface area (TPSA) is 45.7 Å². The number of aromatic nitrogens is 1. The number of hydrogen-bond donors (Lipinski definition) is 0. The number of hydrogen-bond acceptors (Lipinski definition) is 4. The van der Waals surface area contributed by atoms with Gasteiger partial charge in [0.15, 0.2) is 0 Å². The molecule has 1 amide bonds. The van der Waals surface area contributed by atoms with Crippen LogP contribution in [-0.4, -0.2) is 53.5 Å². The Morgan fingerprint density at radius 3 is 2.71 bits per heavy atom. The summed E-state index contributed by atoms with van der Waals surface area (Å²) in [6.07, 6.45) is 2.18. The second kappa shape index (κ2) is 6.43. The van der Waals surface area contributed by atoms with Gasteiger partial charge < -0.3 is 9.64 Å². The molecule has 5 heteroatoms. The second-order valence-electron chi connectivity index (χ2n) is 5.78. The van der Waals surface area contributed by atoms with E-state index in [9.17, 15) is 4.79 Å². The Balaban J connectivity index is 1.50. The maximum atomic E-state index is 12.0. The molecule has 1 aliphatic carbocycles. The molecule has 3 rings (SSSR count). The summed E-state index contributed by atoms with van der Waals surface area (Å²) in [4.78, 5) is 20.9. The predicted molar refractivity (Wildman–Crippen MR) is 80.0 cm³/mol. The van der Waals surface area contributed by atoms with Crippen molar-refractivity contribution in [2.75, 3.05) is 32.8 Å². The lowest BCUT2D eigenvalue weighted by molar-refractivity contribution is -0.134. The van der Waals surface area contributed by atoms with Crippen molar-refractivity contribution in [3.8, 4) is 5.88 Å². The molecule has 2 fully saturated rings. The molecule has 21 heavy (non-hydrogen) atoms. The van der Waals surface area contributed by atoms with E-state index in [2.05, 4.69) is 9.88 Å². The van der Waals surface area contributed by atoms with Crippen molar-refractivity contribution in [3.63, 3.8) is 0 Å². The van der Waals surface area contributed by atoms with E-state index in [4.69, 9.17) is 4.74 Å². The minimum absolute atomic E-state index is 0.334. The third kappa shape index (κ3) is 3.73. The number of piperazine rings is 1. The molecule has 0 bridgehead atoms. The first-order valence-electron chi connectivity index (χ1n) is 7.86. The molecule has 5 nitrogen and oxygen atoms in total. The van der Waals surface area contributed by atoms with Gasteiger partial charge in [-0.1, -0.05) is 6.07 Å². The Hall–Kier alpha value is -1.62. The molecule has 2 aliphatic rings. The van der Waals surface area contributed by atoms with E-state index in [1.54, 1.807) is 0 Å². The predicted octanol–water partition coefficient (Wildman–Crippen LogP) is 1.53. The SMILES string of the molecule is CCOc1cccc(CN2CCN(C(=O)C3CC3)CC2)n1. The number of rotatable bonds is 5. The van der Waals surface area contributed by atoms with Gasteiger partial charge >= 0.3 is 0 Å². The van der Waals surface area contributed by atoms with Gasteiger partial charge in [0.25, 0.3) is 0 Å². The molecular formula is C16H23N3O2. The van der Waals surface area contributed by atoms with Gasteiger partial charge in [0, 0.05) is 44.7 Å². The summed E-state index contributed by atoms with van der Waals surface area (Å²) in [6.45, 7) is 6.98. The molecule has 1 saturated heterocycles. The fraction of sp³-hybridized carbons (Fsp3) is 0.625. The van der Waals surface area contributed by atoms with Crippen LogP contribution in [0.15, 0.2) is 18.2 Å². The first kappa shape index (κ1) is 14.3. The van der Waals surface area contributed by atoms with Crippen LogP contribution >= 0.6 is 0 Å². The van der Waals surface area contributed by atoms with Crippen molar-refractivity contribution in [2.45, 2.75) is 26.3 Å². The Kier molecular flexibility index (Phi) is 4.39. The van der Waals surface area contributed by atoms with Gasteiger partial charge in [0.2, 0.25) is 11.8 Å². The molecule has 0 spiro atoms. The fourth-order valence-electron chi connectivity index (χ4n) is 2.72. The second-order valence-corrected chi connectivity index (χ2v) is 5.78. The summed E-state index contributed by atoms with van der Waals surface area (Å²) in [5, 5.41) is 0.